The molecule has 0 saturated carbocycles. The molecule has 0 aromatic heterocycles. The summed E-state index contributed by atoms with van der Waals surface area (Å²) in [5.41, 5.74) is 7.78. The van der Waals surface area contributed by atoms with Gasteiger partial charge in [-0.3, -0.25) is 0 Å². The fourth-order valence-corrected chi connectivity index (χ4v) is 6.55. The average Bonchev–Trinajstić information content (AvgIpc) is 3.03. The van der Waals surface area contributed by atoms with Crippen LogP contribution >= 0.6 is 0 Å². The van der Waals surface area contributed by atoms with Crippen molar-refractivity contribution in [1.29, 1.82) is 0 Å². The Labute approximate surface area is 312 Å². The molecular formula is C42H62O6Si3. The first kappa shape index (κ1) is 45.6. The van der Waals surface area contributed by atoms with Crippen LogP contribution < -0.4 is 0 Å². The van der Waals surface area contributed by atoms with Crippen LogP contribution in [0.5, 0.6) is 0 Å². The van der Waals surface area contributed by atoms with Gasteiger partial charge in [-0.2, -0.15) is 0 Å². The lowest BCUT2D eigenvalue weighted by atomic mass is 10.2. The number of benzene rings is 2. The topological polar surface area (TPSA) is 82.1 Å². The number of carbonyl (C=O) groups excluding carboxylic acids is 2. The standard InChI is InChI=1S/C24H38O3Si2.C18H24O3Si/c1-24(2,3)29(7,8)27-22(18-14-20-28(4,5)6)17-12-13-19-26-23(25)21-15-10-9-11-16-21;1-22(2,3)15-9-13-17(19)12-7-8-14-21-18(20)16-10-5-4-6-11-16/h9-13,15-16,22H,17-19H2,1-8H3;4-8,10-11,17,19H,12-14H2,1-3H3/b13-12+;8-7+/t22-;17-/m00/s1. The zero-order valence-electron chi connectivity index (χ0n) is 33.0. The number of carbonyl (C=O) groups is 2. The van der Waals surface area contributed by atoms with Crippen molar-refractivity contribution >= 4 is 36.4 Å². The summed E-state index contributed by atoms with van der Waals surface area (Å²) in [6.45, 7) is 25.1. The maximum atomic E-state index is 12.0. The molecule has 278 valence electrons. The van der Waals surface area contributed by atoms with Crippen LogP contribution in [0.2, 0.25) is 57.4 Å². The van der Waals surface area contributed by atoms with Gasteiger partial charge >= 0.3 is 11.9 Å². The maximum absolute atomic E-state index is 12.0. The van der Waals surface area contributed by atoms with Gasteiger partial charge in [0.1, 0.15) is 29.4 Å². The third-order valence-corrected chi connectivity index (χ3v) is 14.0. The third-order valence-electron chi connectivity index (χ3n) is 7.64. The largest absolute Gasteiger partial charge is 0.458 e. The Morgan fingerprint density at radius 3 is 1.49 bits per heavy atom. The molecule has 0 aliphatic heterocycles. The molecular weight excluding hydrogens is 685 g/mol. The van der Waals surface area contributed by atoms with E-state index in [1.54, 1.807) is 42.5 Å². The lowest BCUT2D eigenvalue weighted by molar-refractivity contribution is 0.0540. The molecule has 0 unspecified atom stereocenters. The molecule has 0 aliphatic carbocycles. The highest BCUT2D eigenvalue weighted by atomic mass is 28.4. The Bertz CT molecular complexity index is 1510. The number of hydrogen-bond donors (Lipinski definition) is 1. The van der Waals surface area contributed by atoms with Crippen molar-refractivity contribution in [2.24, 2.45) is 0 Å². The second-order valence-electron chi connectivity index (χ2n) is 16.0. The van der Waals surface area contributed by atoms with Crippen LogP contribution in [-0.2, 0) is 13.9 Å². The van der Waals surface area contributed by atoms with Gasteiger partial charge in [0.25, 0.3) is 0 Å². The number of ether oxygens (including phenoxy) is 2. The zero-order valence-corrected chi connectivity index (χ0v) is 36.0. The summed E-state index contributed by atoms with van der Waals surface area (Å²) in [6.07, 6.45) is 9.63. The monoisotopic (exact) mass is 746 g/mol. The third kappa shape index (κ3) is 22.2. The van der Waals surface area contributed by atoms with Crippen LogP contribution in [0.4, 0.5) is 0 Å². The minimum absolute atomic E-state index is 0.0702. The zero-order chi connectivity index (χ0) is 38.6. The highest BCUT2D eigenvalue weighted by Gasteiger charge is 2.38. The van der Waals surface area contributed by atoms with Gasteiger partial charge in [-0.05, 0) is 55.2 Å². The molecule has 0 saturated heterocycles. The van der Waals surface area contributed by atoms with E-state index in [1.807, 2.05) is 42.5 Å². The molecule has 2 aromatic rings. The number of esters is 2. The first-order chi connectivity index (χ1) is 23.7. The van der Waals surface area contributed by atoms with Gasteiger partial charge in [0, 0.05) is 12.8 Å². The Balaban J connectivity index is 0.000000530. The number of rotatable bonds is 14. The van der Waals surface area contributed by atoms with Gasteiger partial charge < -0.3 is 19.0 Å². The predicted molar refractivity (Wildman–Crippen MR) is 221 cm³/mol. The summed E-state index contributed by atoms with van der Waals surface area (Å²) in [5, 5.41) is 9.95. The van der Waals surface area contributed by atoms with E-state index in [9.17, 15) is 14.7 Å². The van der Waals surface area contributed by atoms with Crippen LogP contribution in [0.1, 0.15) is 67.2 Å². The van der Waals surface area contributed by atoms with Crippen molar-refractivity contribution in [2.75, 3.05) is 13.2 Å². The summed E-state index contributed by atoms with van der Waals surface area (Å²) < 4.78 is 17.0. The van der Waals surface area contributed by atoms with Gasteiger partial charge in [0.2, 0.25) is 0 Å². The summed E-state index contributed by atoms with van der Waals surface area (Å²) >= 11 is 0. The SMILES string of the molecule is CC(C)(C)[Si](C)(C)O[C@H](CC#C[Si](C)(C)C)C/C=C/COC(=O)c1ccccc1.C[Si](C)(C)C#CC[C@@H](O)C/C=C/COC(=O)c1ccccc1. The molecule has 0 bridgehead atoms. The molecule has 9 heteroatoms. The minimum Gasteiger partial charge on any atom is -0.458 e. The van der Waals surface area contributed by atoms with Gasteiger partial charge in [-0.1, -0.05) is 121 Å². The first-order valence-electron chi connectivity index (χ1n) is 17.8. The highest BCUT2D eigenvalue weighted by Crippen LogP contribution is 2.38. The van der Waals surface area contributed by atoms with Crippen LogP contribution in [-0.4, -0.2) is 66.9 Å². The normalized spacial score (nSPS) is 13.2. The molecule has 2 rings (SSSR count). The highest BCUT2D eigenvalue weighted by molar-refractivity contribution is 6.84. The molecule has 0 aliphatic rings. The van der Waals surface area contributed by atoms with E-state index >= 15 is 0 Å². The lowest BCUT2D eigenvalue weighted by Gasteiger charge is -2.38. The number of aliphatic hydroxyl groups excluding tert-OH is 1. The van der Waals surface area contributed by atoms with Crippen LogP contribution in [0.15, 0.2) is 85.0 Å². The number of hydrogen-bond acceptors (Lipinski definition) is 6. The van der Waals surface area contributed by atoms with Gasteiger partial charge in [-0.15, -0.1) is 22.9 Å². The van der Waals surface area contributed by atoms with Gasteiger partial charge in [-0.25, -0.2) is 9.59 Å². The van der Waals surface area contributed by atoms with Crippen molar-refractivity contribution in [1.82, 2.24) is 0 Å². The maximum Gasteiger partial charge on any atom is 0.338 e. The Kier molecular flexibility index (Phi) is 20.1. The van der Waals surface area contributed by atoms with Crippen LogP contribution in [0.3, 0.4) is 0 Å². The van der Waals surface area contributed by atoms with Crippen molar-refractivity contribution in [3.8, 4) is 22.9 Å². The summed E-state index contributed by atoms with van der Waals surface area (Å²) in [4.78, 5) is 23.6. The van der Waals surface area contributed by atoms with Crippen LogP contribution in [0.25, 0.3) is 0 Å². The summed E-state index contributed by atoms with van der Waals surface area (Å²) in [7, 11) is -4.62. The fourth-order valence-electron chi connectivity index (χ4n) is 3.91. The molecule has 0 amide bonds. The van der Waals surface area contributed by atoms with Crippen molar-refractivity contribution in [3.63, 3.8) is 0 Å². The van der Waals surface area contributed by atoms with Crippen molar-refractivity contribution < 1.29 is 28.6 Å². The molecule has 0 radical (unpaired) electrons. The Morgan fingerprint density at radius 2 is 1.08 bits per heavy atom. The summed E-state index contributed by atoms with van der Waals surface area (Å²) in [5.74, 6) is 5.78. The van der Waals surface area contributed by atoms with Crippen LogP contribution in [0, 0.1) is 22.9 Å². The number of aliphatic hydroxyl groups is 1. The Hall–Kier alpha value is -3.45. The quantitative estimate of drug-likeness (QED) is 0.0898. The van der Waals surface area contributed by atoms with E-state index < -0.39 is 30.6 Å². The van der Waals surface area contributed by atoms with E-state index in [-0.39, 0.29) is 36.3 Å². The molecule has 0 spiro atoms. The molecule has 51 heavy (non-hydrogen) atoms. The molecule has 0 heterocycles. The molecule has 1 N–H and O–H groups in total. The lowest BCUT2D eigenvalue weighted by Crippen LogP contribution is -2.43. The van der Waals surface area contributed by atoms with Gasteiger partial charge in [0.15, 0.2) is 8.32 Å². The fraction of sp³-hybridized carbons (Fsp3) is 0.476. The minimum atomic E-state index is -1.87. The molecule has 0 fully saturated rings. The molecule has 2 aromatic carbocycles. The van der Waals surface area contributed by atoms with Crippen molar-refractivity contribution in [2.45, 2.75) is 116 Å². The van der Waals surface area contributed by atoms with E-state index in [1.165, 1.54) is 0 Å². The second-order valence-corrected chi connectivity index (χ2v) is 30.3. The van der Waals surface area contributed by atoms with E-state index in [0.29, 0.717) is 24.0 Å². The molecule has 6 nitrogen and oxygen atoms in total. The average molecular weight is 747 g/mol. The predicted octanol–water partition coefficient (Wildman–Crippen LogP) is 9.87. The van der Waals surface area contributed by atoms with E-state index in [2.05, 4.69) is 96.1 Å². The van der Waals surface area contributed by atoms with E-state index in [0.717, 1.165) is 12.8 Å². The summed E-state index contributed by atoms with van der Waals surface area (Å²) in [6, 6.07) is 17.9. The van der Waals surface area contributed by atoms with Crippen molar-refractivity contribution in [3.05, 3.63) is 96.1 Å². The van der Waals surface area contributed by atoms with Gasteiger partial charge in [0.05, 0.1) is 23.3 Å². The Morgan fingerprint density at radius 1 is 0.667 bits per heavy atom. The van der Waals surface area contributed by atoms with E-state index in [4.69, 9.17) is 13.9 Å². The second kappa shape index (κ2) is 22.5. The first-order valence-corrected chi connectivity index (χ1v) is 27.7. The smallest absolute Gasteiger partial charge is 0.338 e. The molecule has 2 atom stereocenters.